The summed E-state index contributed by atoms with van der Waals surface area (Å²) in [6.45, 7) is 4.35. The molecule has 1 rings (SSSR count). The molecule has 1 aromatic carbocycles. The zero-order valence-corrected chi connectivity index (χ0v) is 9.31. The Bertz CT molecular complexity index is 337. The molecule has 1 aromatic rings. The van der Waals surface area contributed by atoms with Crippen LogP contribution < -0.4 is 5.32 Å². The molecule has 0 saturated carbocycles. The molecular formula is C13H17F2N. The van der Waals surface area contributed by atoms with Gasteiger partial charge >= 0.3 is 0 Å². The Kier molecular flexibility index (Phi) is 5.54. The van der Waals surface area contributed by atoms with E-state index in [-0.39, 0.29) is 0 Å². The Hall–Kier alpha value is -1.38. The maximum Gasteiger partial charge on any atom is 0.149 e. The summed E-state index contributed by atoms with van der Waals surface area (Å²) < 4.78 is 25.8. The molecule has 0 saturated heterocycles. The Balaban J connectivity index is 2.24. The Morgan fingerprint density at radius 2 is 2.00 bits per heavy atom. The molecule has 0 spiro atoms. The third-order valence-corrected chi connectivity index (χ3v) is 2.33. The zero-order valence-electron chi connectivity index (χ0n) is 9.31. The number of allylic oxidation sites excluding steroid dienone is 1. The number of rotatable bonds is 7. The first-order valence-electron chi connectivity index (χ1n) is 5.54. The minimum Gasteiger partial charge on any atom is -0.383 e. The van der Waals surface area contributed by atoms with Crippen LogP contribution in [0.25, 0.3) is 0 Å². The molecule has 1 N–H and O–H groups in total. The second kappa shape index (κ2) is 6.99. The average molecular weight is 225 g/mol. The van der Waals surface area contributed by atoms with E-state index in [2.05, 4.69) is 11.9 Å². The maximum atomic E-state index is 13.2. The van der Waals surface area contributed by atoms with Crippen molar-refractivity contribution in [2.24, 2.45) is 0 Å². The van der Waals surface area contributed by atoms with Gasteiger partial charge < -0.3 is 5.32 Å². The van der Waals surface area contributed by atoms with E-state index < -0.39 is 11.6 Å². The highest BCUT2D eigenvalue weighted by Gasteiger charge is 2.01. The first kappa shape index (κ1) is 12.7. The summed E-state index contributed by atoms with van der Waals surface area (Å²) >= 11 is 0. The molecule has 0 aliphatic carbocycles. The molecule has 0 aliphatic heterocycles. The number of benzene rings is 1. The molecule has 0 heterocycles. The van der Waals surface area contributed by atoms with Crippen molar-refractivity contribution in [1.29, 1.82) is 0 Å². The third kappa shape index (κ3) is 4.43. The van der Waals surface area contributed by atoms with Gasteiger partial charge in [0.15, 0.2) is 0 Å². The quantitative estimate of drug-likeness (QED) is 0.543. The largest absolute Gasteiger partial charge is 0.383 e. The summed E-state index contributed by atoms with van der Waals surface area (Å²) in [5.74, 6) is -1.08. The SMILES string of the molecule is C=CCCCCCNc1ccc(F)cc1F. The lowest BCUT2D eigenvalue weighted by molar-refractivity contribution is 0.584. The Morgan fingerprint density at radius 3 is 2.69 bits per heavy atom. The van der Waals surface area contributed by atoms with Gasteiger partial charge in [-0.15, -0.1) is 6.58 Å². The Labute approximate surface area is 95.2 Å². The summed E-state index contributed by atoms with van der Waals surface area (Å²) in [5, 5.41) is 2.95. The van der Waals surface area contributed by atoms with Crippen LogP contribution in [-0.2, 0) is 0 Å². The van der Waals surface area contributed by atoms with E-state index in [1.165, 1.54) is 12.1 Å². The molecule has 0 radical (unpaired) electrons. The fraction of sp³-hybridized carbons (Fsp3) is 0.385. The lowest BCUT2D eigenvalue weighted by Gasteiger charge is -2.06. The van der Waals surface area contributed by atoms with Gasteiger partial charge in [0.05, 0.1) is 5.69 Å². The van der Waals surface area contributed by atoms with Gasteiger partial charge in [-0.2, -0.15) is 0 Å². The summed E-state index contributed by atoms with van der Waals surface area (Å²) in [7, 11) is 0. The predicted molar refractivity (Wildman–Crippen MR) is 63.5 cm³/mol. The molecular weight excluding hydrogens is 208 g/mol. The highest BCUT2D eigenvalue weighted by atomic mass is 19.1. The van der Waals surface area contributed by atoms with Crippen LogP contribution in [0.15, 0.2) is 30.9 Å². The summed E-state index contributed by atoms with van der Waals surface area (Å²) in [4.78, 5) is 0. The van der Waals surface area contributed by atoms with Crippen molar-refractivity contribution < 1.29 is 8.78 Å². The maximum absolute atomic E-state index is 13.2. The van der Waals surface area contributed by atoms with E-state index in [0.717, 1.165) is 31.7 Å². The van der Waals surface area contributed by atoms with E-state index in [9.17, 15) is 8.78 Å². The van der Waals surface area contributed by atoms with E-state index in [4.69, 9.17) is 0 Å². The van der Waals surface area contributed by atoms with E-state index in [0.29, 0.717) is 12.2 Å². The first-order chi connectivity index (χ1) is 7.74. The number of hydrogen-bond donors (Lipinski definition) is 1. The number of halogens is 2. The first-order valence-corrected chi connectivity index (χ1v) is 5.54. The van der Waals surface area contributed by atoms with Crippen LogP contribution in [0.1, 0.15) is 25.7 Å². The van der Waals surface area contributed by atoms with Crippen LogP contribution in [-0.4, -0.2) is 6.54 Å². The zero-order chi connectivity index (χ0) is 11.8. The van der Waals surface area contributed by atoms with E-state index in [1.807, 2.05) is 6.08 Å². The van der Waals surface area contributed by atoms with Gasteiger partial charge in [-0.1, -0.05) is 12.5 Å². The second-order valence-corrected chi connectivity index (χ2v) is 3.69. The van der Waals surface area contributed by atoms with Crippen molar-refractivity contribution in [3.63, 3.8) is 0 Å². The number of unbranched alkanes of at least 4 members (excludes halogenated alkanes) is 3. The number of anilines is 1. The number of nitrogens with one attached hydrogen (secondary N) is 1. The summed E-state index contributed by atoms with van der Waals surface area (Å²) in [5.41, 5.74) is 0.366. The van der Waals surface area contributed by atoms with Crippen LogP contribution in [0.5, 0.6) is 0 Å². The average Bonchev–Trinajstić information content (AvgIpc) is 2.26. The smallest absolute Gasteiger partial charge is 0.149 e. The molecule has 0 bridgehead atoms. The molecule has 0 amide bonds. The lowest BCUT2D eigenvalue weighted by atomic mass is 10.2. The molecule has 0 aliphatic rings. The topological polar surface area (TPSA) is 12.0 Å². The third-order valence-electron chi connectivity index (χ3n) is 2.33. The van der Waals surface area contributed by atoms with Crippen molar-refractivity contribution in [1.82, 2.24) is 0 Å². The van der Waals surface area contributed by atoms with Gasteiger partial charge in [-0.3, -0.25) is 0 Å². The van der Waals surface area contributed by atoms with Gasteiger partial charge in [0.2, 0.25) is 0 Å². The van der Waals surface area contributed by atoms with Gasteiger partial charge in [0.25, 0.3) is 0 Å². The minimum absolute atomic E-state index is 0.366. The molecule has 0 aromatic heterocycles. The predicted octanol–water partition coefficient (Wildman–Crippen LogP) is 4.12. The molecule has 1 nitrogen and oxygen atoms in total. The fourth-order valence-corrected chi connectivity index (χ4v) is 1.45. The normalized spacial score (nSPS) is 10.1. The van der Waals surface area contributed by atoms with Crippen molar-refractivity contribution in [3.05, 3.63) is 42.5 Å². The van der Waals surface area contributed by atoms with E-state index >= 15 is 0 Å². The van der Waals surface area contributed by atoms with Crippen LogP contribution in [0.4, 0.5) is 14.5 Å². The van der Waals surface area contributed by atoms with Gasteiger partial charge in [0.1, 0.15) is 11.6 Å². The highest BCUT2D eigenvalue weighted by molar-refractivity contribution is 5.44. The summed E-state index contributed by atoms with van der Waals surface area (Å²) in [6, 6.07) is 3.57. The minimum atomic E-state index is -0.547. The second-order valence-electron chi connectivity index (χ2n) is 3.69. The monoisotopic (exact) mass is 225 g/mol. The molecule has 3 heteroatoms. The molecule has 88 valence electrons. The van der Waals surface area contributed by atoms with Crippen molar-refractivity contribution in [2.75, 3.05) is 11.9 Å². The standard InChI is InChI=1S/C13H17F2N/c1-2-3-4-5-6-9-16-13-8-7-11(14)10-12(13)15/h2,7-8,10,16H,1,3-6,9H2. The van der Waals surface area contributed by atoms with Crippen LogP contribution >= 0.6 is 0 Å². The molecule has 0 atom stereocenters. The van der Waals surface area contributed by atoms with Crippen LogP contribution in [0, 0.1) is 11.6 Å². The number of hydrogen-bond acceptors (Lipinski definition) is 1. The fourth-order valence-electron chi connectivity index (χ4n) is 1.45. The van der Waals surface area contributed by atoms with Crippen molar-refractivity contribution in [2.45, 2.75) is 25.7 Å². The van der Waals surface area contributed by atoms with Crippen LogP contribution in [0.2, 0.25) is 0 Å². The molecule has 0 unspecified atom stereocenters. The van der Waals surface area contributed by atoms with Gasteiger partial charge in [-0.25, -0.2) is 8.78 Å². The molecule has 16 heavy (non-hydrogen) atoms. The van der Waals surface area contributed by atoms with Crippen molar-refractivity contribution >= 4 is 5.69 Å². The summed E-state index contributed by atoms with van der Waals surface area (Å²) in [6.07, 6.45) is 6.08. The van der Waals surface area contributed by atoms with E-state index in [1.54, 1.807) is 0 Å². The van der Waals surface area contributed by atoms with Gasteiger partial charge in [0, 0.05) is 12.6 Å². The van der Waals surface area contributed by atoms with Gasteiger partial charge in [-0.05, 0) is 31.4 Å². The Morgan fingerprint density at radius 1 is 1.19 bits per heavy atom. The molecule has 0 fully saturated rings. The van der Waals surface area contributed by atoms with Crippen LogP contribution in [0.3, 0.4) is 0 Å². The van der Waals surface area contributed by atoms with Crippen molar-refractivity contribution in [3.8, 4) is 0 Å². The highest BCUT2D eigenvalue weighted by Crippen LogP contribution is 2.15. The lowest BCUT2D eigenvalue weighted by Crippen LogP contribution is -2.03.